The summed E-state index contributed by atoms with van der Waals surface area (Å²) < 4.78 is 5.59. The van der Waals surface area contributed by atoms with Crippen molar-refractivity contribution in [1.29, 1.82) is 0 Å². The minimum Gasteiger partial charge on any atom is -0.479 e. The van der Waals surface area contributed by atoms with Crippen LogP contribution in [0.15, 0.2) is 59.2 Å². The van der Waals surface area contributed by atoms with Crippen LogP contribution in [0.1, 0.15) is 19.4 Å². The molecule has 2 amide bonds. The van der Waals surface area contributed by atoms with Gasteiger partial charge in [0.25, 0.3) is 11.8 Å². The molecule has 0 radical (unpaired) electrons. The average Bonchev–Trinajstić information content (AvgIpc) is 2.93. The molecule has 138 valence electrons. The van der Waals surface area contributed by atoms with E-state index in [9.17, 15) is 9.59 Å². The van der Waals surface area contributed by atoms with Crippen LogP contribution < -0.4 is 4.74 Å². The summed E-state index contributed by atoms with van der Waals surface area (Å²) in [6, 6.07) is 13.9. The van der Waals surface area contributed by atoms with E-state index in [2.05, 4.69) is 5.10 Å². The SMILES string of the molecule is CC1=NN(C(=O)C(C)Oc2ccccc2Cl)C(=O)/C1=C/c1ccccc1Cl. The molecule has 2 aromatic carbocycles. The zero-order chi connectivity index (χ0) is 19.6. The van der Waals surface area contributed by atoms with E-state index in [1.165, 1.54) is 0 Å². The Bertz CT molecular complexity index is 969. The third kappa shape index (κ3) is 4.04. The summed E-state index contributed by atoms with van der Waals surface area (Å²) in [6.45, 7) is 3.20. The van der Waals surface area contributed by atoms with Gasteiger partial charge >= 0.3 is 0 Å². The van der Waals surface area contributed by atoms with Crippen molar-refractivity contribution in [3.05, 3.63) is 69.7 Å². The highest BCUT2D eigenvalue weighted by Crippen LogP contribution is 2.26. The molecule has 2 aromatic rings. The number of rotatable bonds is 4. The number of benzene rings is 2. The van der Waals surface area contributed by atoms with Gasteiger partial charge in [0.1, 0.15) is 5.75 Å². The Balaban J connectivity index is 1.80. The molecule has 0 spiro atoms. The summed E-state index contributed by atoms with van der Waals surface area (Å²) in [5.41, 5.74) is 1.41. The summed E-state index contributed by atoms with van der Waals surface area (Å²) >= 11 is 12.2. The Morgan fingerprint density at radius 1 is 1.11 bits per heavy atom. The molecule has 0 N–H and O–H groups in total. The molecule has 7 heteroatoms. The van der Waals surface area contributed by atoms with Crippen LogP contribution in [0, 0.1) is 0 Å². The maximum absolute atomic E-state index is 12.7. The molecule has 0 bridgehead atoms. The number of hydrazone groups is 1. The third-order valence-electron chi connectivity index (χ3n) is 3.96. The Morgan fingerprint density at radius 2 is 1.74 bits per heavy atom. The van der Waals surface area contributed by atoms with Gasteiger partial charge in [-0.1, -0.05) is 53.5 Å². The largest absolute Gasteiger partial charge is 0.479 e. The second-order valence-corrected chi connectivity index (χ2v) is 6.73. The van der Waals surface area contributed by atoms with Crippen LogP contribution in [0.5, 0.6) is 5.75 Å². The third-order valence-corrected chi connectivity index (χ3v) is 4.62. The molecule has 1 atom stereocenters. The fourth-order valence-corrected chi connectivity index (χ4v) is 2.91. The zero-order valence-corrected chi connectivity index (χ0v) is 16.2. The van der Waals surface area contributed by atoms with Crippen LogP contribution in [0.25, 0.3) is 6.08 Å². The second kappa shape index (κ2) is 7.94. The van der Waals surface area contributed by atoms with Crippen LogP contribution in [0.3, 0.4) is 0 Å². The molecule has 5 nitrogen and oxygen atoms in total. The van der Waals surface area contributed by atoms with Crippen LogP contribution in [-0.2, 0) is 9.59 Å². The number of carbonyl (C=O) groups is 2. The molecule has 0 saturated heterocycles. The number of amides is 2. The van der Waals surface area contributed by atoms with Crippen molar-refractivity contribution in [3.63, 3.8) is 0 Å². The highest BCUT2D eigenvalue weighted by Gasteiger charge is 2.35. The number of halogens is 2. The quantitative estimate of drug-likeness (QED) is 0.702. The molecule has 1 aliphatic rings. The maximum Gasteiger partial charge on any atom is 0.290 e. The fraction of sp³-hybridized carbons (Fsp3) is 0.150. The van der Waals surface area contributed by atoms with E-state index in [-0.39, 0.29) is 0 Å². The van der Waals surface area contributed by atoms with Crippen molar-refractivity contribution in [2.75, 3.05) is 0 Å². The zero-order valence-electron chi connectivity index (χ0n) is 14.6. The van der Waals surface area contributed by atoms with E-state index in [0.717, 1.165) is 5.01 Å². The molecule has 1 unspecified atom stereocenters. The number of para-hydroxylation sites is 1. The van der Waals surface area contributed by atoms with Gasteiger partial charge in [0, 0.05) is 5.02 Å². The Hall–Kier alpha value is -2.63. The van der Waals surface area contributed by atoms with Gasteiger partial charge in [0.05, 0.1) is 16.3 Å². The monoisotopic (exact) mass is 402 g/mol. The van der Waals surface area contributed by atoms with E-state index in [1.54, 1.807) is 62.4 Å². The predicted octanol–water partition coefficient (Wildman–Crippen LogP) is 4.59. The molecule has 0 aliphatic carbocycles. The number of imide groups is 1. The van der Waals surface area contributed by atoms with Crippen molar-refractivity contribution < 1.29 is 14.3 Å². The van der Waals surface area contributed by atoms with Crippen molar-refractivity contribution in [2.24, 2.45) is 5.10 Å². The van der Waals surface area contributed by atoms with E-state index < -0.39 is 17.9 Å². The topological polar surface area (TPSA) is 59.0 Å². The van der Waals surface area contributed by atoms with E-state index >= 15 is 0 Å². The molecule has 0 aromatic heterocycles. The van der Waals surface area contributed by atoms with Crippen LogP contribution >= 0.6 is 23.2 Å². The lowest BCUT2D eigenvalue weighted by atomic mass is 10.1. The molecule has 27 heavy (non-hydrogen) atoms. The smallest absolute Gasteiger partial charge is 0.290 e. The standard InChI is InChI=1S/C20H16Cl2N2O3/c1-12-15(11-14-7-3-4-8-16(14)21)20(26)24(23-12)19(25)13(2)27-18-10-6-5-9-17(18)22/h3-11,13H,1-2H3/b15-11+. The number of hydrogen-bond acceptors (Lipinski definition) is 4. The molecular formula is C20H16Cl2N2O3. The normalized spacial score (nSPS) is 16.4. The summed E-state index contributed by atoms with van der Waals surface area (Å²) in [6.07, 6.45) is 0.682. The van der Waals surface area contributed by atoms with Crippen LogP contribution in [-0.4, -0.2) is 28.6 Å². The molecular weight excluding hydrogens is 387 g/mol. The summed E-state index contributed by atoms with van der Waals surface area (Å²) in [7, 11) is 0. The maximum atomic E-state index is 12.7. The first-order chi connectivity index (χ1) is 12.9. The lowest BCUT2D eigenvalue weighted by Gasteiger charge is -2.18. The highest BCUT2D eigenvalue weighted by molar-refractivity contribution is 6.34. The van der Waals surface area contributed by atoms with Crippen molar-refractivity contribution in [2.45, 2.75) is 20.0 Å². The molecule has 1 heterocycles. The summed E-state index contributed by atoms with van der Waals surface area (Å²) in [5, 5.41) is 5.79. The van der Waals surface area contributed by atoms with Crippen LogP contribution in [0.2, 0.25) is 10.0 Å². The van der Waals surface area contributed by atoms with Crippen molar-refractivity contribution >= 4 is 46.8 Å². The first kappa shape index (κ1) is 19.1. The lowest BCUT2D eigenvalue weighted by molar-refractivity contribution is -0.146. The summed E-state index contributed by atoms with van der Waals surface area (Å²) in [4.78, 5) is 25.4. The lowest BCUT2D eigenvalue weighted by Crippen LogP contribution is -2.39. The minimum absolute atomic E-state index is 0.307. The number of hydrogen-bond donors (Lipinski definition) is 0. The van der Waals surface area contributed by atoms with Gasteiger partial charge in [-0.2, -0.15) is 10.1 Å². The van der Waals surface area contributed by atoms with Crippen molar-refractivity contribution in [3.8, 4) is 5.75 Å². The first-order valence-electron chi connectivity index (χ1n) is 8.19. The summed E-state index contributed by atoms with van der Waals surface area (Å²) in [5.74, 6) is -0.743. The Kier molecular flexibility index (Phi) is 5.63. The molecule has 3 rings (SSSR count). The minimum atomic E-state index is -0.940. The molecule has 0 fully saturated rings. The second-order valence-electron chi connectivity index (χ2n) is 5.91. The van der Waals surface area contributed by atoms with Crippen LogP contribution in [0.4, 0.5) is 0 Å². The van der Waals surface area contributed by atoms with Gasteiger partial charge < -0.3 is 4.74 Å². The van der Waals surface area contributed by atoms with E-state index in [0.29, 0.717) is 32.6 Å². The number of carbonyl (C=O) groups excluding carboxylic acids is 2. The Labute approximate surface area is 166 Å². The van der Waals surface area contributed by atoms with Crippen molar-refractivity contribution in [1.82, 2.24) is 5.01 Å². The van der Waals surface area contributed by atoms with Gasteiger partial charge in [-0.15, -0.1) is 0 Å². The Morgan fingerprint density at radius 3 is 2.41 bits per heavy atom. The fourth-order valence-electron chi connectivity index (χ4n) is 2.53. The van der Waals surface area contributed by atoms with Gasteiger partial charge in [-0.3, -0.25) is 9.59 Å². The number of nitrogens with zero attached hydrogens (tertiary/aromatic N) is 2. The van der Waals surface area contributed by atoms with Gasteiger partial charge in [0.2, 0.25) is 0 Å². The molecule has 0 saturated carbocycles. The van der Waals surface area contributed by atoms with E-state index in [1.807, 2.05) is 6.07 Å². The van der Waals surface area contributed by atoms with Gasteiger partial charge in [0.15, 0.2) is 6.10 Å². The van der Waals surface area contributed by atoms with E-state index in [4.69, 9.17) is 27.9 Å². The average molecular weight is 403 g/mol. The van der Waals surface area contributed by atoms with Gasteiger partial charge in [-0.25, -0.2) is 0 Å². The molecule has 1 aliphatic heterocycles. The first-order valence-corrected chi connectivity index (χ1v) is 8.95. The highest BCUT2D eigenvalue weighted by atomic mass is 35.5. The predicted molar refractivity (Wildman–Crippen MR) is 106 cm³/mol. The number of ether oxygens (including phenoxy) is 1. The van der Waals surface area contributed by atoms with Gasteiger partial charge in [-0.05, 0) is 43.7 Å².